The van der Waals surface area contributed by atoms with E-state index in [-0.39, 0.29) is 11.5 Å². The summed E-state index contributed by atoms with van der Waals surface area (Å²) in [6, 6.07) is 19.1. The largest absolute Gasteiger partial charge is 0.508 e. The van der Waals surface area contributed by atoms with Crippen LogP contribution in [-0.4, -0.2) is 25.7 Å². The summed E-state index contributed by atoms with van der Waals surface area (Å²) >= 11 is 0. The smallest absolute Gasteiger partial charge is 0.195 e. The van der Waals surface area contributed by atoms with Crippen molar-refractivity contribution in [2.45, 2.75) is 19.4 Å². The minimum Gasteiger partial charge on any atom is -0.508 e. The van der Waals surface area contributed by atoms with Gasteiger partial charge in [0, 0.05) is 53.0 Å². The van der Waals surface area contributed by atoms with Gasteiger partial charge in [-0.15, -0.1) is 0 Å². The molecule has 5 heteroatoms. The third-order valence-electron chi connectivity index (χ3n) is 5.56. The Balaban J connectivity index is 1.48. The number of phenolic OH excluding ortho intramolecular Hbond substituents is 1. The van der Waals surface area contributed by atoms with Crippen LogP contribution in [-0.2, 0) is 13.0 Å². The number of Topliss-reactive ketones (excluding diaryl/α,β-unsaturated/α-hetero) is 1. The number of benzene rings is 2. The maximum atomic E-state index is 13.2. The summed E-state index contributed by atoms with van der Waals surface area (Å²) in [5, 5.41) is 14.5. The zero-order valence-electron chi connectivity index (χ0n) is 16.9. The number of nitrogens with zero attached hydrogens (tertiary/aromatic N) is 3. The number of hydrogen-bond donors (Lipinski definition) is 1. The van der Waals surface area contributed by atoms with E-state index in [2.05, 4.69) is 34.3 Å². The molecule has 0 fully saturated rings. The second-order valence-electron chi connectivity index (χ2n) is 7.63. The highest BCUT2D eigenvalue weighted by atomic mass is 16.3. The molecule has 0 atom stereocenters. The number of ketones is 1. The lowest BCUT2D eigenvalue weighted by molar-refractivity contribution is 0.105. The Morgan fingerprint density at radius 2 is 1.74 bits per heavy atom. The summed E-state index contributed by atoms with van der Waals surface area (Å²) in [4.78, 5) is 17.4. The average molecular weight is 407 g/mol. The topological polar surface area (TPSA) is 68.0 Å². The van der Waals surface area contributed by atoms with Gasteiger partial charge < -0.3 is 5.11 Å². The van der Waals surface area contributed by atoms with E-state index in [0.717, 1.165) is 41.6 Å². The van der Waals surface area contributed by atoms with Gasteiger partial charge in [-0.05, 0) is 48.2 Å². The number of pyridine rings is 1. The normalized spacial score (nSPS) is 13.0. The van der Waals surface area contributed by atoms with E-state index in [1.54, 1.807) is 24.5 Å². The molecule has 0 spiro atoms. The molecule has 1 aliphatic rings. The zero-order chi connectivity index (χ0) is 21.2. The van der Waals surface area contributed by atoms with E-state index >= 15 is 0 Å². The first kappa shape index (κ1) is 19.0. The molecule has 0 amide bonds. The van der Waals surface area contributed by atoms with Crippen molar-refractivity contribution < 1.29 is 9.90 Å². The summed E-state index contributed by atoms with van der Waals surface area (Å²) in [6.45, 7) is 0.792. The molecule has 2 aromatic carbocycles. The molecular weight excluding hydrogens is 386 g/mol. The minimum absolute atomic E-state index is 0.0792. The van der Waals surface area contributed by atoms with Crippen LogP contribution < -0.4 is 0 Å². The summed E-state index contributed by atoms with van der Waals surface area (Å²) in [5.74, 6) is -0.0266. The second kappa shape index (κ2) is 8.03. The molecule has 0 bridgehead atoms. The molecule has 2 aromatic heterocycles. The quantitative estimate of drug-likeness (QED) is 0.500. The maximum Gasteiger partial charge on any atom is 0.195 e. The van der Waals surface area contributed by atoms with Crippen molar-refractivity contribution in [1.82, 2.24) is 14.8 Å². The third-order valence-corrected chi connectivity index (χ3v) is 5.56. The monoisotopic (exact) mass is 407 g/mol. The predicted molar refractivity (Wildman–Crippen MR) is 120 cm³/mol. The van der Waals surface area contributed by atoms with Gasteiger partial charge in [-0.3, -0.25) is 14.5 Å². The van der Waals surface area contributed by atoms with Crippen molar-refractivity contribution >= 4 is 16.9 Å². The van der Waals surface area contributed by atoms with Crippen LogP contribution in [0, 0.1) is 0 Å². The number of aromatic hydroxyl groups is 1. The van der Waals surface area contributed by atoms with E-state index in [4.69, 9.17) is 0 Å². The number of allylic oxidation sites excluding steroid dienone is 1. The lowest BCUT2D eigenvalue weighted by Gasteiger charge is -2.06. The summed E-state index contributed by atoms with van der Waals surface area (Å²) < 4.78 is 1.93. The van der Waals surface area contributed by atoms with E-state index in [0.29, 0.717) is 11.1 Å². The lowest BCUT2D eigenvalue weighted by Crippen LogP contribution is -2.00. The molecule has 0 saturated carbocycles. The van der Waals surface area contributed by atoms with Crippen molar-refractivity contribution in [3.05, 3.63) is 113 Å². The number of fused-ring (bicyclic) bond motifs is 1. The molecule has 0 radical (unpaired) electrons. The van der Waals surface area contributed by atoms with Crippen LogP contribution in [0.5, 0.6) is 5.75 Å². The van der Waals surface area contributed by atoms with Crippen molar-refractivity contribution in [3.8, 4) is 5.75 Å². The van der Waals surface area contributed by atoms with Gasteiger partial charge in [-0.25, -0.2) is 0 Å². The van der Waals surface area contributed by atoms with E-state index < -0.39 is 0 Å². The molecule has 4 aromatic rings. The van der Waals surface area contributed by atoms with Crippen molar-refractivity contribution in [2.75, 3.05) is 0 Å². The summed E-state index contributed by atoms with van der Waals surface area (Å²) in [7, 11) is 0. The number of aryl methyl sites for hydroxylation is 2. The summed E-state index contributed by atoms with van der Waals surface area (Å²) in [5.41, 5.74) is 5.70. The molecule has 1 aliphatic carbocycles. The van der Waals surface area contributed by atoms with Crippen LogP contribution in [0.3, 0.4) is 0 Å². The van der Waals surface area contributed by atoms with E-state index in [1.165, 1.54) is 11.6 Å². The Morgan fingerprint density at radius 1 is 0.871 bits per heavy atom. The number of rotatable bonds is 6. The Labute approximate surface area is 180 Å². The van der Waals surface area contributed by atoms with Gasteiger partial charge in [0.05, 0.1) is 6.20 Å². The van der Waals surface area contributed by atoms with Crippen LogP contribution in [0.4, 0.5) is 0 Å². The standard InChI is InChI=1S/C26H21N3O2/c30-21-10-11-22-23(14-21)26(31)25(19-9-4-12-27-15-19)24(22)20-16-28-29(17-20)13-5-8-18-6-2-1-3-7-18/h1-4,6-7,9-12,14-17,30H,5,8,13H2. The molecule has 31 heavy (non-hydrogen) atoms. The molecular formula is C26H21N3O2. The van der Waals surface area contributed by atoms with Gasteiger partial charge >= 0.3 is 0 Å². The molecule has 0 unspecified atom stereocenters. The van der Waals surface area contributed by atoms with Crippen LogP contribution in [0.2, 0.25) is 0 Å². The Kier molecular flexibility index (Phi) is 4.92. The number of carbonyl (C=O) groups is 1. The number of hydrogen-bond acceptors (Lipinski definition) is 4. The third kappa shape index (κ3) is 3.66. The van der Waals surface area contributed by atoms with Gasteiger partial charge in [-0.1, -0.05) is 36.4 Å². The first-order valence-electron chi connectivity index (χ1n) is 10.3. The van der Waals surface area contributed by atoms with Gasteiger partial charge in [0.15, 0.2) is 5.78 Å². The fourth-order valence-corrected chi connectivity index (χ4v) is 4.11. The molecule has 152 valence electrons. The Morgan fingerprint density at radius 3 is 2.55 bits per heavy atom. The highest BCUT2D eigenvalue weighted by molar-refractivity contribution is 6.41. The highest BCUT2D eigenvalue weighted by Crippen LogP contribution is 2.42. The zero-order valence-corrected chi connectivity index (χ0v) is 16.9. The second-order valence-corrected chi connectivity index (χ2v) is 7.63. The number of aromatic nitrogens is 3. The Bertz CT molecular complexity index is 1270. The Hall–Kier alpha value is -3.99. The fourth-order valence-electron chi connectivity index (χ4n) is 4.11. The van der Waals surface area contributed by atoms with E-state index in [1.807, 2.05) is 35.3 Å². The maximum absolute atomic E-state index is 13.2. The van der Waals surface area contributed by atoms with Crippen LogP contribution in [0.15, 0.2) is 85.5 Å². The number of phenols is 1. The first-order valence-corrected chi connectivity index (χ1v) is 10.3. The molecule has 2 heterocycles. The van der Waals surface area contributed by atoms with Gasteiger partial charge in [0.25, 0.3) is 0 Å². The molecule has 5 rings (SSSR count). The van der Waals surface area contributed by atoms with Gasteiger partial charge in [-0.2, -0.15) is 5.10 Å². The average Bonchev–Trinajstić information content (AvgIpc) is 3.37. The molecule has 5 nitrogen and oxygen atoms in total. The van der Waals surface area contributed by atoms with Crippen LogP contribution in [0.1, 0.15) is 39.0 Å². The van der Waals surface area contributed by atoms with Gasteiger partial charge in [0.1, 0.15) is 5.75 Å². The minimum atomic E-state index is -0.106. The van der Waals surface area contributed by atoms with E-state index in [9.17, 15) is 9.90 Å². The van der Waals surface area contributed by atoms with Gasteiger partial charge in [0.2, 0.25) is 0 Å². The van der Waals surface area contributed by atoms with Crippen molar-refractivity contribution in [2.24, 2.45) is 0 Å². The van der Waals surface area contributed by atoms with Crippen LogP contribution in [0.25, 0.3) is 11.1 Å². The fraction of sp³-hybridized carbons (Fsp3) is 0.115. The molecule has 1 N–H and O–H groups in total. The molecule has 0 saturated heterocycles. The van der Waals surface area contributed by atoms with Crippen molar-refractivity contribution in [3.63, 3.8) is 0 Å². The molecule has 0 aliphatic heterocycles. The lowest BCUT2D eigenvalue weighted by atomic mass is 9.97. The van der Waals surface area contributed by atoms with Crippen molar-refractivity contribution in [1.29, 1.82) is 0 Å². The number of carbonyl (C=O) groups excluding carboxylic acids is 1. The highest BCUT2D eigenvalue weighted by Gasteiger charge is 2.32. The first-order chi connectivity index (χ1) is 15.2. The SMILES string of the molecule is O=C1C(c2cccnc2)=C(c2cnn(CCCc3ccccc3)c2)c2ccc(O)cc21. The van der Waals surface area contributed by atoms with Crippen LogP contribution >= 0.6 is 0 Å². The predicted octanol–water partition coefficient (Wildman–Crippen LogP) is 4.77. The summed E-state index contributed by atoms with van der Waals surface area (Å²) in [6.07, 6.45) is 9.15.